The lowest BCUT2D eigenvalue weighted by Crippen LogP contribution is -2.47. The van der Waals surface area contributed by atoms with Crippen LogP contribution in [0.5, 0.6) is 0 Å². The molecule has 0 radical (unpaired) electrons. The number of nitrogens with one attached hydrogen (secondary N) is 1. The highest BCUT2D eigenvalue weighted by atomic mass is 19.1. The number of carbonyl (C=O) groups is 1. The third kappa shape index (κ3) is 3.99. The van der Waals surface area contributed by atoms with Crippen molar-refractivity contribution in [2.75, 3.05) is 32.6 Å². The van der Waals surface area contributed by atoms with Gasteiger partial charge >= 0.3 is 0 Å². The van der Waals surface area contributed by atoms with Gasteiger partial charge in [-0.15, -0.1) is 0 Å². The lowest BCUT2D eigenvalue weighted by molar-refractivity contribution is -0.00357. The van der Waals surface area contributed by atoms with Gasteiger partial charge in [0.1, 0.15) is 5.82 Å². The molecule has 1 aliphatic rings. The van der Waals surface area contributed by atoms with Gasteiger partial charge < -0.3 is 15.0 Å². The van der Waals surface area contributed by atoms with E-state index in [-0.39, 0.29) is 29.6 Å². The fourth-order valence-corrected chi connectivity index (χ4v) is 3.36. The summed E-state index contributed by atoms with van der Waals surface area (Å²) < 4.78 is 19.6. The second-order valence-corrected chi connectivity index (χ2v) is 6.41. The van der Waals surface area contributed by atoms with Crippen molar-refractivity contribution in [1.29, 1.82) is 0 Å². The zero-order valence-electron chi connectivity index (χ0n) is 15.0. The van der Waals surface area contributed by atoms with Crippen molar-refractivity contribution in [2.24, 2.45) is 5.92 Å². The molecule has 2 heterocycles. The van der Waals surface area contributed by atoms with E-state index in [1.54, 1.807) is 43.6 Å². The van der Waals surface area contributed by atoms with Crippen LogP contribution in [0.1, 0.15) is 22.6 Å². The molecule has 1 aromatic carbocycles. The Balaban J connectivity index is 1.73. The van der Waals surface area contributed by atoms with Gasteiger partial charge in [-0.25, -0.2) is 14.4 Å². The van der Waals surface area contributed by atoms with E-state index in [9.17, 15) is 9.18 Å². The number of rotatable bonds is 5. The van der Waals surface area contributed by atoms with Crippen LogP contribution in [-0.4, -0.2) is 54.1 Å². The Bertz CT molecular complexity index is 753. The van der Waals surface area contributed by atoms with Crippen molar-refractivity contribution in [2.45, 2.75) is 18.9 Å². The van der Waals surface area contributed by atoms with Crippen molar-refractivity contribution < 1.29 is 13.9 Å². The van der Waals surface area contributed by atoms with Crippen molar-refractivity contribution in [3.63, 3.8) is 0 Å². The van der Waals surface area contributed by atoms with Gasteiger partial charge in [0.2, 0.25) is 5.82 Å². The van der Waals surface area contributed by atoms with Gasteiger partial charge in [0, 0.05) is 33.2 Å². The summed E-state index contributed by atoms with van der Waals surface area (Å²) in [4.78, 5) is 22.7. The molecule has 1 saturated heterocycles. The normalized spacial score (nSPS) is 20.0. The molecule has 0 saturated carbocycles. The van der Waals surface area contributed by atoms with E-state index in [4.69, 9.17) is 4.74 Å². The van der Waals surface area contributed by atoms with Crippen LogP contribution in [0.15, 0.2) is 36.7 Å². The van der Waals surface area contributed by atoms with E-state index in [0.29, 0.717) is 31.5 Å². The fraction of sp³-hybridized carbons (Fsp3) is 0.421. The number of methoxy groups -OCH3 is 1. The second-order valence-electron chi connectivity index (χ2n) is 6.41. The summed E-state index contributed by atoms with van der Waals surface area (Å²) in [5, 5.41) is 2.92. The molecular formula is C19H23FN4O2. The molecule has 0 spiro atoms. The molecule has 3 rings (SSSR count). The van der Waals surface area contributed by atoms with Crippen LogP contribution in [0.4, 0.5) is 10.1 Å². The minimum absolute atomic E-state index is 0.00811. The first kappa shape index (κ1) is 18.3. The summed E-state index contributed by atoms with van der Waals surface area (Å²) in [6, 6.07) is 6.74. The number of nitrogens with zero attached hydrogens (tertiary/aromatic N) is 3. The minimum atomic E-state index is -0.225. The number of benzene rings is 1. The number of halogens is 1. The predicted molar refractivity (Wildman–Crippen MR) is 96.5 cm³/mol. The van der Waals surface area contributed by atoms with Crippen LogP contribution >= 0.6 is 0 Å². The molecule has 0 aliphatic carbocycles. The Morgan fingerprint density at radius 3 is 2.73 bits per heavy atom. The first-order valence-corrected chi connectivity index (χ1v) is 8.67. The number of hydrogen-bond donors (Lipinski definition) is 1. The summed E-state index contributed by atoms with van der Waals surface area (Å²) in [5.41, 5.74) is 1.39. The van der Waals surface area contributed by atoms with Crippen molar-refractivity contribution >= 4 is 11.6 Å². The SMILES string of the molecule is CNc1cnc(C(=O)N2CC[C@H](OC)[C@H](Cc3ccccc3F)C2)nc1. The lowest BCUT2D eigenvalue weighted by atomic mass is 9.88. The number of piperidine rings is 1. The summed E-state index contributed by atoms with van der Waals surface area (Å²) in [6.07, 6.45) is 4.38. The number of amides is 1. The van der Waals surface area contributed by atoms with Crippen LogP contribution in [0.2, 0.25) is 0 Å². The highest BCUT2D eigenvalue weighted by Gasteiger charge is 2.33. The molecule has 1 N–H and O–H groups in total. The maximum atomic E-state index is 14.0. The van der Waals surface area contributed by atoms with Crippen molar-refractivity contribution in [3.8, 4) is 0 Å². The van der Waals surface area contributed by atoms with Crippen LogP contribution < -0.4 is 5.32 Å². The number of carbonyl (C=O) groups excluding carboxylic acids is 1. The summed E-state index contributed by atoms with van der Waals surface area (Å²) >= 11 is 0. The van der Waals surface area contributed by atoms with Crippen molar-refractivity contribution in [1.82, 2.24) is 14.9 Å². The predicted octanol–water partition coefficient (Wildman–Crippen LogP) is 2.38. The van der Waals surface area contributed by atoms with Gasteiger partial charge in [0.15, 0.2) is 0 Å². The van der Waals surface area contributed by atoms with E-state index in [1.165, 1.54) is 6.07 Å². The number of ether oxygens (including phenoxy) is 1. The summed E-state index contributed by atoms with van der Waals surface area (Å²) in [6.45, 7) is 1.06. The molecule has 1 aliphatic heterocycles. The highest BCUT2D eigenvalue weighted by Crippen LogP contribution is 2.25. The molecule has 0 bridgehead atoms. The van der Waals surface area contributed by atoms with Crippen LogP contribution in [0.3, 0.4) is 0 Å². The average molecular weight is 358 g/mol. The zero-order chi connectivity index (χ0) is 18.5. The number of aromatic nitrogens is 2. The Hall–Kier alpha value is -2.54. The Labute approximate surface area is 152 Å². The molecule has 1 fully saturated rings. The van der Waals surface area contributed by atoms with Crippen LogP contribution in [0, 0.1) is 11.7 Å². The summed E-state index contributed by atoms with van der Waals surface area (Å²) in [5.74, 6) is -0.242. The van der Waals surface area contributed by atoms with E-state index in [1.807, 2.05) is 6.07 Å². The summed E-state index contributed by atoms with van der Waals surface area (Å²) in [7, 11) is 3.43. The standard InChI is InChI=1S/C19H23FN4O2/c1-21-15-10-22-18(23-11-15)19(25)24-8-7-17(26-2)14(12-24)9-13-5-3-4-6-16(13)20/h3-6,10-11,14,17,21H,7-9,12H2,1-2H3/t14-,17+/m1/s1. The third-order valence-electron chi connectivity index (χ3n) is 4.83. The smallest absolute Gasteiger partial charge is 0.291 e. The Kier molecular flexibility index (Phi) is 5.78. The lowest BCUT2D eigenvalue weighted by Gasteiger charge is -2.37. The number of likely N-dealkylation sites (tertiary alicyclic amines) is 1. The minimum Gasteiger partial charge on any atom is -0.386 e. The molecule has 2 atom stereocenters. The maximum absolute atomic E-state index is 14.0. The van der Waals surface area contributed by atoms with Gasteiger partial charge in [0.25, 0.3) is 5.91 Å². The van der Waals surface area contributed by atoms with Crippen molar-refractivity contribution in [3.05, 3.63) is 53.9 Å². The molecule has 2 aromatic rings. The first-order chi connectivity index (χ1) is 12.6. The molecule has 6 nitrogen and oxygen atoms in total. The molecule has 1 aromatic heterocycles. The van der Waals surface area contributed by atoms with E-state index in [0.717, 1.165) is 5.69 Å². The monoisotopic (exact) mass is 358 g/mol. The molecular weight excluding hydrogens is 335 g/mol. The zero-order valence-corrected chi connectivity index (χ0v) is 15.0. The fourth-order valence-electron chi connectivity index (χ4n) is 3.36. The maximum Gasteiger partial charge on any atom is 0.291 e. The molecule has 7 heteroatoms. The molecule has 138 valence electrons. The Morgan fingerprint density at radius 1 is 1.35 bits per heavy atom. The molecule has 0 unspecified atom stereocenters. The van der Waals surface area contributed by atoms with Gasteiger partial charge in [-0.05, 0) is 24.5 Å². The largest absolute Gasteiger partial charge is 0.386 e. The van der Waals surface area contributed by atoms with Gasteiger partial charge in [-0.3, -0.25) is 4.79 Å². The average Bonchev–Trinajstić information content (AvgIpc) is 2.69. The second kappa shape index (κ2) is 8.23. The Morgan fingerprint density at radius 2 is 2.08 bits per heavy atom. The number of hydrogen-bond acceptors (Lipinski definition) is 5. The molecule has 1 amide bonds. The van der Waals surface area contributed by atoms with E-state index >= 15 is 0 Å². The topological polar surface area (TPSA) is 67.4 Å². The first-order valence-electron chi connectivity index (χ1n) is 8.67. The van der Waals surface area contributed by atoms with Crippen LogP contribution in [-0.2, 0) is 11.2 Å². The van der Waals surface area contributed by atoms with Gasteiger partial charge in [-0.2, -0.15) is 0 Å². The quantitative estimate of drug-likeness (QED) is 0.889. The van der Waals surface area contributed by atoms with Crippen LogP contribution in [0.25, 0.3) is 0 Å². The molecule has 26 heavy (non-hydrogen) atoms. The van der Waals surface area contributed by atoms with Gasteiger partial charge in [-0.1, -0.05) is 18.2 Å². The van der Waals surface area contributed by atoms with E-state index < -0.39 is 0 Å². The highest BCUT2D eigenvalue weighted by molar-refractivity contribution is 5.90. The van der Waals surface area contributed by atoms with E-state index in [2.05, 4.69) is 15.3 Å². The third-order valence-corrected chi connectivity index (χ3v) is 4.83. The van der Waals surface area contributed by atoms with Gasteiger partial charge in [0.05, 0.1) is 24.2 Å². The number of anilines is 1.